The summed E-state index contributed by atoms with van der Waals surface area (Å²) in [5.74, 6) is -0.853. The number of ether oxygens (including phenoxy) is 1. The second-order valence-corrected chi connectivity index (χ2v) is 11.0. The Morgan fingerprint density at radius 1 is 1.24 bits per heavy atom. The Hall–Kier alpha value is -3.32. The molecule has 0 unspecified atom stereocenters. The van der Waals surface area contributed by atoms with Gasteiger partial charge in [-0.1, -0.05) is 11.6 Å². The SMILES string of the molecule is [B]C([B])(Nc1nccc(-c2cn(C(C)C)nc2-c2cc(Cl)cc(NS(C)(=O)=O)c2F)n1)[C@H](C)NC(=O)OC. The number of aromatic nitrogens is 4. The number of methoxy groups -OCH3 is 1. The first-order chi connectivity index (χ1) is 17.6. The van der Waals surface area contributed by atoms with Crippen molar-refractivity contribution in [1.82, 2.24) is 25.1 Å². The van der Waals surface area contributed by atoms with Crippen LogP contribution in [0.5, 0.6) is 0 Å². The maximum atomic E-state index is 15.5. The van der Waals surface area contributed by atoms with E-state index in [2.05, 4.69) is 35.2 Å². The van der Waals surface area contributed by atoms with E-state index < -0.39 is 33.3 Å². The fraction of sp³-hybridized carbons (Fsp3) is 0.364. The Bertz CT molecular complexity index is 1450. The van der Waals surface area contributed by atoms with Crippen molar-refractivity contribution >= 4 is 55.0 Å². The summed E-state index contributed by atoms with van der Waals surface area (Å²) in [4.78, 5) is 20.1. The highest BCUT2D eigenvalue weighted by Gasteiger charge is 2.28. The maximum absolute atomic E-state index is 15.5. The zero-order chi connectivity index (χ0) is 28.4. The molecule has 0 bridgehead atoms. The van der Waals surface area contributed by atoms with Gasteiger partial charge in [-0.2, -0.15) is 5.10 Å². The number of carbonyl (C=O) groups is 1. The van der Waals surface area contributed by atoms with Crippen molar-refractivity contribution in [3.05, 3.63) is 41.4 Å². The number of amides is 1. The Morgan fingerprint density at radius 2 is 1.92 bits per heavy atom. The van der Waals surface area contributed by atoms with E-state index in [-0.39, 0.29) is 34.0 Å². The van der Waals surface area contributed by atoms with Crippen molar-refractivity contribution in [2.24, 2.45) is 0 Å². The van der Waals surface area contributed by atoms with E-state index in [0.29, 0.717) is 11.3 Å². The first kappa shape index (κ1) is 29.2. The van der Waals surface area contributed by atoms with Crippen molar-refractivity contribution in [3.63, 3.8) is 0 Å². The summed E-state index contributed by atoms with van der Waals surface area (Å²) in [5, 5.41) is 8.17. The number of nitrogens with zero attached hydrogens (tertiary/aromatic N) is 4. The van der Waals surface area contributed by atoms with Gasteiger partial charge in [0.05, 0.1) is 40.4 Å². The van der Waals surface area contributed by atoms with Gasteiger partial charge in [-0.05, 0) is 44.3 Å². The minimum absolute atomic E-state index is 0.0141. The molecule has 2 aromatic heterocycles. The lowest BCUT2D eigenvalue weighted by atomic mass is 9.58. The molecule has 11 nitrogen and oxygen atoms in total. The van der Waals surface area contributed by atoms with E-state index in [1.54, 1.807) is 23.9 Å². The van der Waals surface area contributed by atoms with Crippen LogP contribution in [0.25, 0.3) is 22.5 Å². The molecule has 0 saturated carbocycles. The van der Waals surface area contributed by atoms with Gasteiger partial charge in [-0.25, -0.2) is 27.6 Å². The molecule has 16 heteroatoms. The second-order valence-electron chi connectivity index (χ2n) is 8.84. The molecule has 0 aliphatic carbocycles. The third kappa shape index (κ3) is 6.95. The first-order valence-electron chi connectivity index (χ1n) is 11.2. The molecule has 38 heavy (non-hydrogen) atoms. The number of sulfonamides is 1. The predicted molar refractivity (Wildman–Crippen MR) is 145 cm³/mol. The van der Waals surface area contributed by atoms with Gasteiger partial charge in [0.15, 0.2) is 5.82 Å². The van der Waals surface area contributed by atoms with Crippen LogP contribution < -0.4 is 15.4 Å². The van der Waals surface area contributed by atoms with Crippen LogP contribution in [0.15, 0.2) is 30.6 Å². The van der Waals surface area contributed by atoms with Crippen LogP contribution in [0.4, 0.5) is 20.8 Å². The molecule has 3 rings (SSSR count). The Morgan fingerprint density at radius 3 is 2.53 bits per heavy atom. The van der Waals surface area contributed by atoms with E-state index in [1.807, 2.05) is 13.8 Å². The van der Waals surface area contributed by atoms with Gasteiger partial charge in [0.2, 0.25) is 16.0 Å². The standard InChI is InChI=1S/C22H25B2ClFN7O4S/c1-11(2)33-10-15(19(31-33)14-8-13(25)9-17(18(14)26)32-38(5,35)36)16-6-7-27-20(29-16)30-22(23,24)12(3)28-21(34)37-4/h6-12,32H,1-5H3,(H,28,34)(H,27,29,30)/t12-/m0/s1. The van der Waals surface area contributed by atoms with Crippen LogP contribution in [0, 0.1) is 5.82 Å². The van der Waals surface area contributed by atoms with Crippen LogP contribution in [-0.4, -0.2) is 74.7 Å². The van der Waals surface area contributed by atoms with Crippen molar-refractivity contribution in [2.75, 3.05) is 23.4 Å². The molecule has 0 fully saturated rings. The lowest BCUT2D eigenvalue weighted by Crippen LogP contribution is -2.57. The van der Waals surface area contributed by atoms with Crippen LogP contribution in [0.2, 0.25) is 5.02 Å². The topological polar surface area (TPSA) is 140 Å². The number of carbonyl (C=O) groups excluding carboxylic acids is 1. The molecule has 1 aromatic carbocycles. The monoisotopic (exact) mass is 559 g/mol. The Labute approximate surface area is 227 Å². The minimum Gasteiger partial charge on any atom is -0.453 e. The highest BCUT2D eigenvalue weighted by atomic mass is 35.5. The predicted octanol–water partition coefficient (Wildman–Crippen LogP) is 2.90. The number of nitrogens with one attached hydrogen (secondary N) is 3. The average Bonchev–Trinajstić information content (AvgIpc) is 3.25. The van der Waals surface area contributed by atoms with Crippen molar-refractivity contribution in [3.8, 4) is 22.5 Å². The fourth-order valence-corrected chi connectivity index (χ4v) is 4.07. The molecular weight excluding hydrogens is 534 g/mol. The fourth-order valence-electron chi connectivity index (χ4n) is 3.30. The third-order valence-electron chi connectivity index (χ3n) is 5.35. The molecule has 3 aromatic rings. The van der Waals surface area contributed by atoms with Crippen molar-refractivity contribution in [1.29, 1.82) is 0 Å². The number of halogens is 2. The number of anilines is 2. The summed E-state index contributed by atoms with van der Waals surface area (Å²) >= 11 is 6.20. The van der Waals surface area contributed by atoms with E-state index in [4.69, 9.17) is 27.3 Å². The minimum atomic E-state index is -3.79. The van der Waals surface area contributed by atoms with Gasteiger partial charge in [0.1, 0.15) is 5.69 Å². The zero-order valence-corrected chi connectivity index (χ0v) is 22.9. The molecular formula is C22H25B2ClFN7O4S. The van der Waals surface area contributed by atoms with Gasteiger partial charge in [0, 0.05) is 40.6 Å². The van der Waals surface area contributed by atoms with Crippen LogP contribution in [0.1, 0.15) is 26.8 Å². The molecule has 3 N–H and O–H groups in total. The quantitative estimate of drug-likeness (QED) is 0.340. The summed E-state index contributed by atoms with van der Waals surface area (Å²) in [5.41, 5.74) is 0.511. The van der Waals surface area contributed by atoms with Crippen molar-refractivity contribution in [2.45, 2.75) is 38.2 Å². The highest BCUT2D eigenvalue weighted by molar-refractivity contribution is 7.92. The lowest BCUT2D eigenvalue weighted by Gasteiger charge is -2.34. The van der Waals surface area contributed by atoms with Gasteiger partial charge < -0.3 is 15.4 Å². The lowest BCUT2D eigenvalue weighted by molar-refractivity contribution is 0.167. The molecule has 198 valence electrons. The Balaban J connectivity index is 2.09. The summed E-state index contributed by atoms with van der Waals surface area (Å²) in [6, 6.07) is 3.16. The molecule has 4 radical (unpaired) electrons. The largest absolute Gasteiger partial charge is 0.453 e. The Kier molecular flexibility index (Phi) is 8.61. The van der Waals surface area contributed by atoms with Gasteiger partial charge in [-0.15, -0.1) is 0 Å². The van der Waals surface area contributed by atoms with Crippen LogP contribution in [0.3, 0.4) is 0 Å². The van der Waals surface area contributed by atoms with Crippen LogP contribution in [-0.2, 0) is 14.8 Å². The molecule has 0 spiro atoms. The van der Waals surface area contributed by atoms with Gasteiger partial charge in [-0.3, -0.25) is 9.40 Å². The molecule has 0 aliphatic rings. The van der Waals surface area contributed by atoms with Gasteiger partial charge in [0.25, 0.3) is 0 Å². The average molecular weight is 560 g/mol. The van der Waals surface area contributed by atoms with E-state index >= 15 is 4.39 Å². The number of hydrogen-bond acceptors (Lipinski definition) is 8. The first-order valence-corrected chi connectivity index (χ1v) is 13.5. The number of rotatable bonds is 9. The van der Waals surface area contributed by atoms with Crippen molar-refractivity contribution < 1.29 is 22.3 Å². The number of benzene rings is 1. The van der Waals surface area contributed by atoms with Gasteiger partial charge >= 0.3 is 6.09 Å². The molecule has 1 amide bonds. The summed E-state index contributed by atoms with van der Waals surface area (Å²) in [7, 11) is 9.68. The normalized spacial score (nSPS) is 12.7. The van der Waals surface area contributed by atoms with E-state index in [0.717, 1.165) is 6.26 Å². The number of alkyl carbamates (subject to hydrolysis) is 1. The molecule has 2 heterocycles. The summed E-state index contributed by atoms with van der Waals surface area (Å²) in [6.07, 6.45) is 3.27. The molecule has 1 atom stereocenters. The summed E-state index contributed by atoms with van der Waals surface area (Å²) < 4.78 is 47.3. The maximum Gasteiger partial charge on any atom is 0.407 e. The third-order valence-corrected chi connectivity index (χ3v) is 6.15. The smallest absolute Gasteiger partial charge is 0.407 e. The van der Waals surface area contributed by atoms with Crippen LogP contribution >= 0.6 is 11.6 Å². The highest BCUT2D eigenvalue weighted by Crippen LogP contribution is 2.37. The summed E-state index contributed by atoms with van der Waals surface area (Å²) in [6.45, 7) is 5.32. The molecule has 0 aliphatic heterocycles. The van der Waals surface area contributed by atoms with E-state index in [1.165, 1.54) is 25.4 Å². The molecule has 0 saturated heterocycles. The number of hydrogen-bond donors (Lipinski definition) is 3. The van der Waals surface area contributed by atoms with E-state index in [9.17, 15) is 13.2 Å². The zero-order valence-electron chi connectivity index (χ0n) is 21.3. The second kappa shape index (κ2) is 11.2.